The molecule has 1 saturated heterocycles. The van der Waals surface area contributed by atoms with E-state index in [9.17, 15) is 0 Å². The van der Waals surface area contributed by atoms with E-state index in [4.69, 9.17) is 9.73 Å². The van der Waals surface area contributed by atoms with E-state index in [0.29, 0.717) is 11.8 Å². The number of aromatic nitrogens is 3. The number of nitrogens with one attached hydrogen (secondary N) is 2. The van der Waals surface area contributed by atoms with E-state index in [1.165, 1.54) is 0 Å². The van der Waals surface area contributed by atoms with E-state index in [-0.39, 0.29) is 6.10 Å². The van der Waals surface area contributed by atoms with Gasteiger partial charge in [-0.3, -0.25) is 9.89 Å². The molecule has 8 nitrogen and oxygen atoms in total. The summed E-state index contributed by atoms with van der Waals surface area (Å²) in [6.07, 6.45) is 2.87. The molecule has 2 heterocycles. The lowest BCUT2D eigenvalue weighted by molar-refractivity contribution is -0.0284. The summed E-state index contributed by atoms with van der Waals surface area (Å²) in [5.41, 5.74) is 0. The van der Waals surface area contributed by atoms with Gasteiger partial charge in [-0.2, -0.15) is 0 Å². The largest absolute Gasteiger partial charge is 0.374 e. The van der Waals surface area contributed by atoms with Crippen LogP contribution < -0.4 is 10.6 Å². The fourth-order valence-corrected chi connectivity index (χ4v) is 3.28. The van der Waals surface area contributed by atoms with Crippen LogP contribution in [0, 0.1) is 11.8 Å². The standard InChI is InChI=1S/C20H39N7O/c1-6-19-25-24-15-27(19)8-7-21-20(22-11-16(2)3)23-12-18-14-26(9-10-28-18)13-17(4)5/h15-18H,6-14H2,1-5H3,(H2,21,22,23). The molecule has 1 aliphatic rings. The van der Waals surface area contributed by atoms with Gasteiger partial charge in [0.05, 0.1) is 12.7 Å². The Bertz CT molecular complexity index is 585. The van der Waals surface area contributed by atoms with Crippen molar-refractivity contribution in [2.75, 3.05) is 45.9 Å². The lowest BCUT2D eigenvalue weighted by atomic mass is 10.2. The molecular formula is C20H39N7O. The van der Waals surface area contributed by atoms with Gasteiger partial charge in [-0.25, -0.2) is 0 Å². The van der Waals surface area contributed by atoms with E-state index in [1.54, 1.807) is 6.33 Å². The molecule has 1 unspecified atom stereocenters. The molecule has 2 rings (SSSR count). The van der Waals surface area contributed by atoms with Crippen LogP contribution in [0.3, 0.4) is 0 Å². The molecule has 0 spiro atoms. The molecule has 2 N–H and O–H groups in total. The molecule has 1 aliphatic heterocycles. The third kappa shape index (κ3) is 8.14. The van der Waals surface area contributed by atoms with E-state index in [1.807, 2.05) is 0 Å². The second-order valence-electron chi connectivity index (χ2n) is 8.33. The maximum Gasteiger partial charge on any atom is 0.191 e. The van der Waals surface area contributed by atoms with E-state index >= 15 is 0 Å². The van der Waals surface area contributed by atoms with Crippen molar-refractivity contribution in [3.05, 3.63) is 12.2 Å². The Hall–Kier alpha value is -1.67. The smallest absolute Gasteiger partial charge is 0.191 e. The lowest BCUT2D eigenvalue weighted by Gasteiger charge is -2.34. The second-order valence-corrected chi connectivity index (χ2v) is 8.33. The predicted molar refractivity (Wildman–Crippen MR) is 114 cm³/mol. The van der Waals surface area contributed by atoms with Crippen LogP contribution in [0.15, 0.2) is 11.3 Å². The summed E-state index contributed by atoms with van der Waals surface area (Å²) in [5.74, 6) is 3.07. The van der Waals surface area contributed by atoms with Gasteiger partial charge in [0.25, 0.3) is 0 Å². The molecule has 1 fully saturated rings. The van der Waals surface area contributed by atoms with Gasteiger partial charge in [0.15, 0.2) is 5.96 Å². The highest BCUT2D eigenvalue weighted by Gasteiger charge is 2.21. The van der Waals surface area contributed by atoms with Gasteiger partial charge in [-0.1, -0.05) is 34.6 Å². The van der Waals surface area contributed by atoms with Crippen molar-refractivity contribution < 1.29 is 4.74 Å². The first-order chi connectivity index (χ1) is 13.5. The van der Waals surface area contributed by atoms with Crippen molar-refractivity contribution >= 4 is 5.96 Å². The van der Waals surface area contributed by atoms with Crippen LogP contribution in [0.5, 0.6) is 0 Å². The Kier molecular flexibility index (Phi) is 9.70. The third-order valence-corrected chi connectivity index (χ3v) is 4.62. The third-order valence-electron chi connectivity index (χ3n) is 4.62. The van der Waals surface area contributed by atoms with E-state index in [2.05, 4.69) is 64.9 Å². The number of morpholine rings is 1. The van der Waals surface area contributed by atoms with Crippen molar-refractivity contribution in [3.8, 4) is 0 Å². The summed E-state index contributed by atoms with van der Waals surface area (Å²) in [4.78, 5) is 7.22. The molecule has 0 aromatic carbocycles. The highest BCUT2D eigenvalue weighted by molar-refractivity contribution is 5.79. The van der Waals surface area contributed by atoms with Crippen molar-refractivity contribution in [1.29, 1.82) is 0 Å². The van der Waals surface area contributed by atoms with Gasteiger partial charge >= 0.3 is 0 Å². The number of hydrogen-bond donors (Lipinski definition) is 2. The molecule has 160 valence electrons. The van der Waals surface area contributed by atoms with Crippen molar-refractivity contribution in [3.63, 3.8) is 0 Å². The summed E-state index contributed by atoms with van der Waals surface area (Å²) in [7, 11) is 0. The Balaban J connectivity index is 1.82. The molecule has 0 bridgehead atoms. The van der Waals surface area contributed by atoms with Crippen LogP contribution in [0.25, 0.3) is 0 Å². The molecule has 0 radical (unpaired) electrons. The quantitative estimate of drug-likeness (QED) is 0.462. The lowest BCUT2D eigenvalue weighted by Crippen LogP contribution is -2.50. The first kappa shape index (κ1) is 22.6. The first-order valence-corrected chi connectivity index (χ1v) is 10.7. The Morgan fingerprint density at radius 1 is 1.29 bits per heavy atom. The van der Waals surface area contributed by atoms with Gasteiger partial charge in [0, 0.05) is 52.2 Å². The van der Waals surface area contributed by atoms with Gasteiger partial charge in [-0.15, -0.1) is 10.2 Å². The highest BCUT2D eigenvalue weighted by Crippen LogP contribution is 2.07. The zero-order valence-corrected chi connectivity index (χ0v) is 18.3. The summed E-state index contributed by atoms with van der Waals surface area (Å²) >= 11 is 0. The summed E-state index contributed by atoms with van der Waals surface area (Å²) in [5, 5.41) is 15.0. The number of hydrogen-bond acceptors (Lipinski definition) is 5. The minimum atomic E-state index is 0.197. The first-order valence-electron chi connectivity index (χ1n) is 10.7. The average molecular weight is 394 g/mol. The maximum absolute atomic E-state index is 5.95. The summed E-state index contributed by atoms with van der Waals surface area (Å²) in [6.45, 7) is 18.1. The fourth-order valence-electron chi connectivity index (χ4n) is 3.28. The molecule has 1 aromatic rings. The Labute approximate surface area is 170 Å². The van der Waals surface area contributed by atoms with E-state index in [0.717, 1.165) is 70.6 Å². The van der Waals surface area contributed by atoms with Crippen LogP contribution in [0.2, 0.25) is 0 Å². The van der Waals surface area contributed by atoms with Crippen molar-refractivity contribution in [2.45, 2.75) is 53.7 Å². The van der Waals surface area contributed by atoms with Gasteiger partial charge in [0.2, 0.25) is 0 Å². The Morgan fingerprint density at radius 3 is 2.82 bits per heavy atom. The molecule has 28 heavy (non-hydrogen) atoms. The average Bonchev–Trinajstić information content (AvgIpc) is 3.10. The van der Waals surface area contributed by atoms with Crippen molar-refractivity contribution in [2.24, 2.45) is 16.8 Å². The van der Waals surface area contributed by atoms with Crippen LogP contribution in [-0.2, 0) is 17.7 Å². The minimum absolute atomic E-state index is 0.197. The zero-order chi connectivity index (χ0) is 20.4. The molecule has 8 heteroatoms. The second kappa shape index (κ2) is 12.0. The van der Waals surface area contributed by atoms with Gasteiger partial charge in [-0.05, 0) is 11.8 Å². The highest BCUT2D eigenvalue weighted by atomic mass is 16.5. The SMILES string of the molecule is CCc1nncn1CCNC(=NCC(C)C)NCC1CN(CC(C)C)CCO1. The number of nitrogens with zero attached hydrogens (tertiary/aromatic N) is 5. The number of aliphatic imine (C=N–C) groups is 1. The molecular weight excluding hydrogens is 354 g/mol. The van der Waals surface area contributed by atoms with Crippen LogP contribution in [0.4, 0.5) is 0 Å². The number of guanidine groups is 1. The van der Waals surface area contributed by atoms with Crippen molar-refractivity contribution in [1.82, 2.24) is 30.3 Å². The predicted octanol–water partition coefficient (Wildman–Crippen LogP) is 1.39. The van der Waals surface area contributed by atoms with Gasteiger partial charge in [0.1, 0.15) is 12.2 Å². The number of rotatable bonds is 10. The van der Waals surface area contributed by atoms with Crippen LogP contribution in [-0.4, -0.2) is 77.6 Å². The topological polar surface area (TPSA) is 79.6 Å². The fraction of sp³-hybridized carbons (Fsp3) is 0.850. The minimum Gasteiger partial charge on any atom is -0.374 e. The summed E-state index contributed by atoms with van der Waals surface area (Å²) < 4.78 is 8.04. The molecule has 0 amide bonds. The molecule has 0 saturated carbocycles. The summed E-state index contributed by atoms with van der Waals surface area (Å²) in [6, 6.07) is 0. The van der Waals surface area contributed by atoms with Gasteiger partial charge < -0.3 is 19.9 Å². The van der Waals surface area contributed by atoms with E-state index < -0.39 is 0 Å². The monoisotopic (exact) mass is 393 g/mol. The molecule has 0 aliphatic carbocycles. The number of aryl methyl sites for hydroxylation is 1. The van der Waals surface area contributed by atoms with Crippen LogP contribution >= 0.6 is 0 Å². The Morgan fingerprint density at radius 2 is 2.11 bits per heavy atom. The normalized spacial score (nSPS) is 18.8. The number of ether oxygens (including phenoxy) is 1. The molecule has 1 atom stereocenters. The van der Waals surface area contributed by atoms with Crippen LogP contribution in [0.1, 0.15) is 40.4 Å². The maximum atomic E-state index is 5.95. The zero-order valence-electron chi connectivity index (χ0n) is 18.3. The molecule has 1 aromatic heterocycles.